The van der Waals surface area contributed by atoms with Gasteiger partial charge in [-0.2, -0.15) is 0 Å². The lowest BCUT2D eigenvalue weighted by molar-refractivity contribution is -0.149. The van der Waals surface area contributed by atoms with Gasteiger partial charge in [-0.3, -0.25) is 4.79 Å². The molecule has 0 spiro atoms. The number of allylic oxidation sites excluding steroid dienone is 1. The van der Waals surface area contributed by atoms with Crippen molar-refractivity contribution in [2.24, 2.45) is 40.4 Å². The molecule has 29 heavy (non-hydrogen) atoms. The van der Waals surface area contributed by atoms with Crippen molar-refractivity contribution in [2.45, 2.75) is 77.6 Å². The van der Waals surface area contributed by atoms with E-state index in [0.29, 0.717) is 19.3 Å². The SMILES string of the molecule is C[C@H](CCC(=O)O)[C@@H]1CC[C@@H]2[C@H]3[C@H](O)C=C4C[C@H](O)C=C[C@]4(C)[C@@H]3C[C@@H](O)[C@@]21C. The molecular weight excluding hydrogens is 368 g/mol. The number of carboxylic acid groups (broad SMARTS) is 1. The van der Waals surface area contributed by atoms with Crippen LogP contribution in [0.3, 0.4) is 0 Å². The molecule has 0 heterocycles. The van der Waals surface area contributed by atoms with Gasteiger partial charge < -0.3 is 20.4 Å². The lowest BCUT2D eigenvalue weighted by Crippen LogP contribution is -2.59. The van der Waals surface area contributed by atoms with Crippen molar-refractivity contribution >= 4 is 5.97 Å². The van der Waals surface area contributed by atoms with E-state index >= 15 is 0 Å². The molecule has 4 aliphatic carbocycles. The van der Waals surface area contributed by atoms with E-state index in [1.165, 1.54) is 0 Å². The monoisotopic (exact) mass is 404 g/mol. The zero-order valence-corrected chi connectivity index (χ0v) is 17.8. The van der Waals surface area contributed by atoms with E-state index in [1.807, 2.05) is 12.2 Å². The molecule has 5 nitrogen and oxygen atoms in total. The molecule has 0 unspecified atom stereocenters. The Bertz CT molecular complexity index is 729. The highest BCUT2D eigenvalue weighted by Gasteiger charge is 2.63. The molecule has 0 aromatic carbocycles. The van der Waals surface area contributed by atoms with Gasteiger partial charge in [0.05, 0.1) is 18.3 Å². The fourth-order valence-electron chi connectivity index (χ4n) is 7.72. The summed E-state index contributed by atoms with van der Waals surface area (Å²) in [6.07, 6.45) is 8.40. The van der Waals surface area contributed by atoms with Crippen LogP contribution in [0.5, 0.6) is 0 Å². The summed E-state index contributed by atoms with van der Waals surface area (Å²) in [4.78, 5) is 11.1. The molecule has 2 saturated carbocycles. The van der Waals surface area contributed by atoms with E-state index < -0.39 is 24.3 Å². The predicted molar refractivity (Wildman–Crippen MR) is 110 cm³/mol. The van der Waals surface area contributed by atoms with Gasteiger partial charge in [-0.05, 0) is 67.1 Å². The zero-order valence-electron chi connectivity index (χ0n) is 17.8. The lowest BCUT2D eigenvalue weighted by Gasteiger charge is -2.59. The van der Waals surface area contributed by atoms with E-state index in [4.69, 9.17) is 5.11 Å². The number of aliphatic hydroxyl groups is 3. The van der Waals surface area contributed by atoms with Gasteiger partial charge in [0.15, 0.2) is 0 Å². The third-order valence-corrected chi connectivity index (χ3v) is 9.33. The number of carboxylic acids is 1. The van der Waals surface area contributed by atoms with Crippen molar-refractivity contribution in [3.63, 3.8) is 0 Å². The molecule has 0 aromatic rings. The Morgan fingerprint density at radius 1 is 1.21 bits per heavy atom. The minimum Gasteiger partial charge on any atom is -0.481 e. The minimum atomic E-state index is -0.764. The van der Waals surface area contributed by atoms with E-state index in [-0.39, 0.29) is 46.8 Å². The summed E-state index contributed by atoms with van der Waals surface area (Å²) in [6, 6.07) is 0. The van der Waals surface area contributed by atoms with Crippen LogP contribution in [0, 0.1) is 40.4 Å². The van der Waals surface area contributed by atoms with Gasteiger partial charge in [-0.25, -0.2) is 0 Å². The van der Waals surface area contributed by atoms with Gasteiger partial charge >= 0.3 is 5.97 Å². The fourth-order valence-corrected chi connectivity index (χ4v) is 7.72. The van der Waals surface area contributed by atoms with Gasteiger partial charge in [0.2, 0.25) is 0 Å². The summed E-state index contributed by atoms with van der Waals surface area (Å²) in [5, 5.41) is 41.7. The van der Waals surface area contributed by atoms with Gasteiger partial charge in [0, 0.05) is 11.8 Å². The van der Waals surface area contributed by atoms with Gasteiger partial charge in [-0.15, -0.1) is 0 Å². The van der Waals surface area contributed by atoms with E-state index in [1.54, 1.807) is 0 Å². The average molecular weight is 405 g/mol. The molecule has 0 amide bonds. The molecule has 0 aromatic heterocycles. The van der Waals surface area contributed by atoms with Gasteiger partial charge in [0.25, 0.3) is 0 Å². The smallest absolute Gasteiger partial charge is 0.303 e. The number of hydrogen-bond acceptors (Lipinski definition) is 4. The normalized spacial score (nSPS) is 49.6. The molecule has 10 atom stereocenters. The maximum Gasteiger partial charge on any atom is 0.303 e. The summed E-state index contributed by atoms with van der Waals surface area (Å²) in [5.74, 6) is 0.214. The van der Waals surface area contributed by atoms with Crippen molar-refractivity contribution in [1.82, 2.24) is 0 Å². The van der Waals surface area contributed by atoms with Crippen LogP contribution in [0.25, 0.3) is 0 Å². The summed E-state index contributed by atoms with van der Waals surface area (Å²) in [6.45, 7) is 6.51. The van der Waals surface area contributed by atoms with Crippen LogP contribution in [0.1, 0.15) is 59.3 Å². The molecule has 162 valence electrons. The molecule has 2 fully saturated rings. The molecule has 0 radical (unpaired) electrons. The predicted octanol–water partition coefficient (Wildman–Crippen LogP) is 3.14. The van der Waals surface area contributed by atoms with Gasteiger partial charge in [-0.1, -0.05) is 44.6 Å². The first-order chi connectivity index (χ1) is 13.6. The van der Waals surface area contributed by atoms with Crippen LogP contribution in [0.2, 0.25) is 0 Å². The molecule has 4 aliphatic rings. The molecule has 5 heteroatoms. The number of fused-ring (bicyclic) bond motifs is 5. The Kier molecular flexibility index (Phi) is 5.24. The second kappa shape index (κ2) is 7.21. The Labute approximate surface area is 173 Å². The summed E-state index contributed by atoms with van der Waals surface area (Å²) in [5.41, 5.74) is 0.583. The minimum absolute atomic E-state index is 0.0914. The topological polar surface area (TPSA) is 98.0 Å². The number of rotatable bonds is 4. The summed E-state index contributed by atoms with van der Waals surface area (Å²) < 4.78 is 0. The van der Waals surface area contributed by atoms with Crippen LogP contribution >= 0.6 is 0 Å². The van der Waals surface area contributed by atoms with Crippen molar-refractivity contribution in [3.05, 3.63) is 23.8 Å². The Balaban J connectivity index is 1.66. The highest BCUT2D eigenvalue weighted by atomic mass is 16.4. The molecular formula is C24H36O5. The van der Waals surface area contributed by atoms with Crippen molar-refractivity contribution in [2.75, 3.05) is 0 Å². The first kappa shape index (κ1) is 21.1. The fraction of sp³-hybridized carbons (Fsp3) is 0.792. The standard InChI is InChI=1S/C24H36O5/c1-13(4-7-21(28)29)16-5-6-17-22-18(12-20(27)24(16,17)3)23(2)9-8-15(25)10-14(23)11-19(22)26/h8-9,11,13,15-20,22,25-27H,4-7,10,12H2,1-3H3,(H,28,29)/t13-,15-,16+,17-,18-,19-,20-,22-,23+,24-/m1/s1. The molecule has 0 aliphatic heterocycles. The van der Waals surface area contributed by atoms with E-state index in [2.05, 4.69) is 26.8 Å². The van der Waals surface area contributed by atoms with Crippen LogP contribution < -0.4 is 0 Å². The lowest BCUT2D eigenvalue weighted by atomic mass is 9.46. The largest absolute Gasteiger partial charge is 0.481 e. The Morgan fingerprint density at radius 2 is 1.93 bits per heavy atom. The summed E-state index contributed by atoms with van der Waals surface area (Å²) >= 11 is 0. The van der Waals surface area contributed by atoms with Crippen molar-refractivity contribution in [3.8, 4) is 0 Å². The highest BCUT2D eigenvalue weighted by molar-refractivity contribution is 5.66. The van der Waals surface area contributed by atoms with Crippen molar-refractivity contribution < 1.29 is 25.2 Å². The third kappa shape index (κ3) is 3.12. The van der Waals surface area contributed by atoms with Crippen LogP contribution in [-0.4, -0.2) is 44.7 Å². The Morgan fingerprint density at radius 3 is 2.62 bits per heavy atom. The molecule has 4 N–H and O–H groups in total. The zero-order chi connectivity index (χ0) is 21.1. The van der Waals surface area contributed by atoms with Crippen LogP contribution in [0.15, 0.2) is 23.8 Å². The van der Waals surface area contributed by atoms with Crippen molar-refractivity contribution in [1.29, 1.82) is 0 Å². The number of aliphatic carboxylic acids is 1. The average Bonchev–Trinajstić information content (AvgIpc) is 3.01. The van der Waals surface area contributed by atoms with Gasteiger partial charge in [0.1, 0.15) is 0 Å². The van der Waals surface area contributed by atoms with E-state index in [9.17, 15) is 20.1 Å². The quantitative estimate of drug-likeness (QED) is 0.540. The third-order valence-electron chi connectivity index (χ3n) is 9.33. The number of aliphatic hydroxyl groups excluding tert-OH is 3. The Hall–Kier alpha value is -1.17. The van der Waals surface area contributed by atoms with E-state index in [0.717, 1.165) is 18.4 Å². The highest BCUT2D eigenvalue weighted by Crippen LogP contribution is 2.66. The summed E-state index contributed by atoms with van der Waals surface area (Å²) in [7, 11) is 0. The second-order valence-corrected chi connectivity index (χ2v) is 10.6. The van der Waals surface area contributed by atoms with Crippen LogP contribution in [-0.2, 0) is 4.79 Å². The maximum atomic E-state index is 11.4. The second-order valence-electron chi connectivity index (χ2n) is 10.6. The first-order valence-corrected chi connectivity index (χ1v) is 11.3. The van der Waals surface area contributed by atoms with Crippen LogP contribution in [0.4, 0.5) is 0 Å². The number of carbonyl (C=O) groups is 1. The molecule has 0 bridgehead atoms. The maximum absolute atomic E-state index is 11.4. The number of hydrogen-bond donors (Lipinski definition) is 4. The molecule has 0 saturated heterocycles. The first-order valence-electron chi connectivity index (χ1n) is 11.3. The molecule has 4 rings (SSSR count).